The molecule has 76 valence electrons. The third kappa shape index (κ3) is 1.78. The zero-order valence-electron chi connectivity index (χ0n) is 7.42. The van der Waals surface area contributed by atoms with E-state index < -0.39 is 18.0 Å². The number of anilines is 1. The number of rotatable bonds is 2. The summed E-state index contributed by atoms with van der Waals surface area (Å²) < 4.78 is 24.5. The molecular formula is C8H9F2N3O. The lowest BCUT2D eigenvalue weighted by molar-refractivity contribution is 0.0999. The van der Waals surface area contributed by atoms with Gasteiger partial charge in [0.05, 0.1) is 0 Å². The first-order valence-electron chi connectivity index (χ1n) is 3.78. The molecule has 0 aliphatic carbocycles. The van der Waals surface area contributed by atoms with Gasteiger partial charge in [-0.15, -0.1) is 0 Å². The molecule has 14 heavy (non-hydrogen) atoms. The van der Waals surface area contributed by atoms with Crippen molar-refractivity contribution in [3.05, 3.63) is 22.9 Å². The van der Waals surface area contributed by atoms with Crippen molar-refractivity contribution in [3.63, 3.8) is 0 Å². The van der Waals surface area contributed by atoms with Crippen LogP contribution >= 0.6 is 0 Å². The van der Waals surface area contributed by atoms with E-state index >= 15 is 0 Å². The van der Waals surface area contributed by atoms with E-state index in [2.05, 4.69) is 4.98 Å². The summed E-state index contributed by atoms with van der Waals surface area (Å²) in [5.74, 6) is -0.893. The van der Waals surface area contributed by atoms with Gasteiger partial charge in [-0.25, -0.2) is 13.8 Å². The van der Waals surface area contributed by atoms with Gasteiger partial charge in [-0.2, -0.15) is 0 Å². The number of halogens is 2. The Morgan fingerprint density at radius 2 is 2.14 bits per heavy atom. The molecular weight excluding hydrogens is 192 g/mol. The van der Waals surface area contributed by atoms with Crippen molar-refractivity contribution in [3.8, 4) is 0 Å². The van der Waals surface area contributed by atoms with Crippen LogP contribution in [-0.2, 0) is 0 Å². The Kier molecular flexibility index (Phi) is 2.64. The van der Waals surface area contributed by atoms with Crippen LogP contribution in [0.25, 0.3) is 0 Å². The largest absolute Gasteiger partial charge is 0.383 e. The number of nitrogen functional groups attached to an aromatic ring is 1. The Bertz CT molecular complexity index is 379. The minimum absolute atomic E-state index is 0.0206. The van der Waals surface area contributed by atoms with Crippen LogP contribution in [-0.4, -0.2) is 10.9 Å². The van der Waals surface area contributed by atoms with Crippen molar-refractivity contribution in [2.45, 2.75) is 13.3 Å². The second-order valence-corrected chi connectivity index (χ2v) is 2.77. The molecule has 6 heteroatoms. The summed E-state index contributed by atoms with van der Waals surface area (Å²) in [4.78, 5) is 14.3. The fourth-order valence-electron chi connectivity index (χ4n) is 1.02. The number of carbonyl (C=O) groups is 1. The molecule has 0 aliphatic heterocycles. The van der Waals surface area contributed by atoms with Crippen molar-refractivity contribution in [2.75, 3.05) is 5.73 Å². The third-order valence-corrected chi connectivity index (χ3v) is 1.82. The van der Waals surface area contributed by atoms with Gasteiger partial charge in [-0.1, -0.05) is 0 Å². The number of pyridine rings is 1. The maximum Gasteiger partial charge on any atom is 0.280 e. The van der Waals surface area contributed by atoms with Gasteiger partial charge in [-0.05, 0) is 13.0 Å². The number of nitrogens with two attached hydrogens (primary N) is 2. The Morgan fingerprint density at radius 3 is 2.57 bits per heavy atom. The van der Waals surface area contributed by atoms with Gasteiger partial charge in [0.1, 0.15) is 11.5 Å². The van der Waals surface area contributed by atoms with Crippen LogP contribution in [0.3, 0.4) is 0 Å². The third-order valence-electron chi connectivity index (χ3n) is 1.82. The summed E-state index contributed by atoms with van der Waals surface area (Å²) in [6.45, 7) is 1.50. The normalized spacial score (nSPS) is 10.6. The number of nitrogens with zero attached hydrogens (tertiary/aromatic N) is 1. The topological polar surface area (TPSA) is 82.0 Å². The van der Waals surface area contributed by atoms with Crippen LogP contribution in [0.5, 0.6) is 0 Å². The van der Waals surface area contributed by atoms with Crippen LogP contribution in [0, 0.1) is 6.92 Å². The lowest BCUT2D eigenvalue weighted by Gasteiger charge is -2.07. The minimum atomic E-state index is -2.77. The fraction of sp³-hybridized carbons (Fsp3) is 0.250. The highest BCUT2D eigenvalue weighted by Crippen LogP contribution is 2.22. The van der Waals surface area contributed by atoms with Gasteiger partial charge in [0.15, 0.2) is 0 Å². The highest BCUT2D eigenvalue weighted by atomic mass is 19.3. The van der Waals surface area contributed by atoms with Gasteiger partial charge in [0.25, 0.3) is 6.43 Å². The second-order valence-electron chi connectivity index (χ2n) is 2.77. The minimum Gasteiger partial charge on any atom is -0.383 e. The van der Waals surface area contributed by atoms with Gasteiger partial charge >= 0.3 is 0 Å². The molecule has 0 saturated heterocycles. The first-order chi connectivity index (χ1) is 6.43. The number of amides is 1. The summed E-state index contributed by atoms with van der Waals surface area (Å²) in [6, 6.07) is 0.957. The van der Waals surface area contributed by atoms with Crippen LogP contribution in [0.2, 0.25) is 0 Å². The molecule has 4 N–H and O–H groups in total. The number of primary amides is 1. The van der Waals surface area contributed by atoms with E-state index in [1.807, 2.05) is 0 Å². The average Bonchev–Trinajstić information content (AvgIpc) is 2.08. The average molecular weight is 201 g/mol. The molecule has 0 radical (unpaired) electrons. The predicted octanol–water partition coefficient (Wildman–Crippen LogP) is 1.01. The summed E-state index contributed by atoms with van der Waals surface area (Å²) in [5, 5.41) is 0. The summed E-state index contributed by atoms with van der Waals surface area (Å²) in [6.07, 6.45) is -2.77. The van der Waals surface area contributed by atoms with Crippen LogP contribution in [0.15, 0.2) is 6.07 Å². The quantitative estimate of drug-likeness (QED) is 0.749. The Hall–Kier alpha value is -1.72. The number of alkyl halides is 2. The first kappa shape index (κ1) is 10.4. The Morgan fingerprint density at radius 1 is 1.57 bits per heavy atom. The molecule has 4 nitrogen and oxygen atoms in total. The maximum absolute atomic E-state index is 12.3. The number of aromatic nitrogens is 1. The van der Waals surface area contributed by atoms with E-state index in [0.717, 1.165) is 6.07 Å². The predicted molar refractivity (Wildman–Crippen MR) is 46.9 cm³/mol. The molecule has 1 rings (SSSR count). The molecule has 0 unspecified atom stereocenters. The molecule has 0 spiro atoms. The van der Waals surface area contributed by atoms with Gasteiger partial charge in [0.2, 0.25) is 5.91 Å². The Balaban J connectivity index is 3.35. The highest BCUT2D eigenvalue weighted by Gasteiger charge is 2.16. The lowest BCUT2D eigenvalue weighted by atomic mass is 10.1. The zero-order chi connectivity index (χ0) is 10.9. The molecule has 0 saturated carbocycles. The van der Waals surface area contributed by atoms with Gasteiger partial charge in [0, 0.05) is 11.1 Å². The Labute approximate surface area is 78.9 Å². The van der Waals surface area contributed by atoms with Crippen LogP contribution in [0.4, 0.5) is 14.6 Å². The van der Waals surface area contributed by atoms with Crippen LogP contribution in [0.1, 0.15) is 28.0 Å². The molecule has 0 aromatic carbocycles. The van der Waals surface area contributed by atoms with Crippen molar-refractivity contribution in [1.29, 1.82) is 0 Å². The van der Waals surface area contributed by atoms with Crippen LogP contribution < -0.4 is 11.5 Å². The molecule has 1 heterocycles. The van der Waals surface area contributed by atoms with Crippen molar-refractivity contribution in [2.24, 2.45) is 5.73 Å². The van der Waals surface area contributed by atoms with E-state index in [1.54, 1.807) is 0 Å². The molecule has 0 aliphatic rings. The first-order valence-corrected chi connectivity index (χ1v) is 3.78. The smallest absolute Gasteiger partial charge is 0.280 e. The van der Waals surface area contributed by atoms with Crippen molar-refractivity contribution < 1.29 is 13.6 Å². The van der Waals surface area contributed by atoms with Crippen molar-refractivity contribution in [1.82, 2.24) is 4.98 Å². The highest BCUT2D eigenvalue weighted by molar-refractivity contribution is 5.95. The standard InChI is InChI=1S/C8H9F2N3O/c1-3-4(8(12)14)2-5(6(9)10)13-7(3)11/h2,6H,1H3,(H2,11,13)(H2,12,14). The molecule has 0 atom stereocenters. The summed E-state index contributed by atoms with van der Waals surface area (Å²) in [7, 11) is 0. The molecule has 1 aromatic heterocycles. The van der Waals surface area contributed by atoms with E-state index in [-0.39, 0.29) is 11.4 Å². The molecule has 0 bridgehead atoms. The monoisotopic (exact) mass is 201 g/mol. The SMILES string of the molecule is Cc1c(C(N)=O)cc(C(F)F)nc1N. The summed E-state index contributed by atoms with van der Waals surface area (Å²) in [5.41, 5.74) is 10.1. The number of carbonyl (C=O) groups excluding carboxylic acids is 1. The lowest BCUT2D eigenvalue weighted by Crippen LogP contribution is -2.15. The second kappa shape index (κ2) is 3.57. The van der Waals surface area contributed by atoms with E-state index in [4.69, 9.17) is 11.5 Å². The fourth-order valence-corrected chi connectivity index (χ4v) is 1.02. The molecule has 0 fully saturated rings. The van der Waals surface area contributed by atoms with Gasteiger partial charge in [-0.3, -0.25) is 4.79 Å². The van der Waals surface area contributed by atoms with Crippen molar-refractivity contribution >= 4 is 11.7 Å². The van der Waals surface area contributed by atoms with E-state index in [1.165, 1.54) is 6.92 Å². The number of hydrogen-bond acceptors (Lipinski definition) is 3. The zero-order valence-corrected chi connectivity index (χ0v) is 7.42. The van der Waals surface area contributed by atoms with Gasteiger partial charge < -0.3 is 11.5 Å². The maximum atomic E-state index is 12.3. The number of hydrogen-bond donors (Lipinski definition) is 2. The van der Waals surface area contributed by atoms with E-state index in [9.17, 15) is 13.6 Å². The molecule has 1 aromatic rings. The van der Waals surface area contributed by atoms with E-state index in [0.29, 0.717) is 5.56 Å². The summed E-state index contributed by atoms with van der Waals surface area (Å²) >= 11 is 0. The molecule has 1 amide bonds.